The number of hydrogen-bond donors (Lipinski definition) is 6. The lowest BCUT2D eigenvalue weighted by molar-refractivity contribution is -0.903. The summed E-state index contributed by atoms with van der Waals surface area (Å²) in [6.45, 7) is 2.69. The zero-order valence-corrected chi connectivity index (χ0v) is 14.8. The van der Waals surface area contributed by atoms with Crippen LogP contribution in [0.3, 0.4) is 0 Å². The first-order valence-corrected chi connectivity index (χ1v) is 10.2. The molecule has 2 unspecified atom stereocenters. The SMILES string of the molecule is O=C1C[NH2+]CC2c3ccccc3CC[NH+]12.O=P([O-])(O)O.O=P([O-])(O)O. The summed E-state index contributed by atoms with van der Waals surface area (Å²) in [5.74, 6) is 0.376. The molecule has 13 heteroatoms. The van der Waals surface area contributed by atoms with Crippen LogP contribution in [0.1, 0.15) is 17.2 Å². The number of rotatable bonds is 0. The lowest BCUT2D eigenvalue weighted by Gasteiger charge is -2.33. The van der Waals surface area contributed by atoms with Gasteiger partial charge in [-0.3, -0.25) is 14.0 Å². The van der Waals surface area contributed by atoms with Crippen molar-refractivity contribution in [1.82, 2.24) is 0 Å². The Labute approximate surface area is 143 Å². The van der Waals surface area contributed by atoms with Gasteiger partial charge in [0.05, 0.1) is 6.54 Å². The van der Waals surface area contributed by atoms with E-state index in [1.54, 1.807) is 0 Å². The minimum absolute atomic E-state index is 0.376. The van der Waals surface area contributed by atoms with Crippen molar-refractivity contribution in [3.8, 4) is 0 Å². The average molecular weight is 398 g/mol. The van der Waals surface area contributed by atoms with E-state index in [1.807, 2.05) is 0 Å². The molecule has 0 saturated carbocycles. The molecule has 2 heterocycles. The summed E-state index contributed by atoms with van der Waals surface area (Å²) >= 11 is 0. The van der Waals surface area contributed by atoms with Crippen LogP contribution in [-0.4, -0.2) is 45.1 Å². The number of nitrogens with one attached hydrogen (secondary N) is 1. The Kier molecular flexibility index (Phi) is 8.04. The monoisotopic (exact) mass is 398 g/mol. The summed E-state index contributed by atoms with van der Waals surface area (Å²) < 4.78 is 17.5. The fraction of sp³-hybridized carbons (Fsp3) is 0.417. The molecule has 2 aliphatic heterocycles. The largest absolute Gasteiger partial charge is 0.756 e. The maximum Gasteiger partial charge on any atom is 0.367 e. The zero-order chi connectivity index (χ0) is 19.3. The van der Waals surface area contributed by atoms with Crippen molar-refractivity contribution < 1.29 is 53.5 Å². The van der Waals surface area contributed by atoms with Gasteiger partial charge in [0.1, 0.15) is 6.54 Å². The number of phosphoric acid groups is 2. The standard InChI is InChI=1S/C12H14N2O.2H3O4P/c15-12-8-13-7-11-10-4-2-1-3-9(10)5-6-14(11)12;2*1-5(2,3)4/h1-4,11,13H,5-8H2;2*(H3,1,2,3,4). The molecule has 1 amide bonds. The molecule has 1 fully saturated rings. The first-order valence-electron chi connectivity index (χ1n) is 7.17. The molecule has 142 valence electrons. The van der Waals surface area contributed by atoms with Crippen molar-refractivity contribution in [2.75, 3.05) is 19.6 Å². The van der Waals surface area contributed by atoms with Crippen LogP contribution in [-0.2, 0) is 20.3 Å². The Balaban J connectivity index is 0.000000262. The number of hydrogen-bond acceptors (Lipinski definition) is 5. The van der Waals surface area contributed by atoms with E-state index in [0.717, 1.165) is 19.5 Å². The Hall–Kier alpha value is -0.970. The Morgan fingerprint density at radius 3 is 2.16 bits per heavy atom. The van der Waals surface area contributed by atoms with Crippen LogP contribution in [0.15, 0.2) is 24.3 Å². The van der Waals surface area contributed by atoms with E-state index >= 15 is 0 Å². The summed E-state index contributed by atoms with van der Waals surface area (Å²) in [6, 6.07) is 8.96. The van der Waals surface area contributed by atoms with Crippen molar-refractivity contribution in [3.05, 3.63) is 35.4 Å². The second-order valence-electron chi connectivity index (χ2n) is 5.41. The quantitative estimate of drug-likeness (QED) is 0.232. The molecule has 0 radical (unpaired) electrons. The number of nitrogens with two attached hydrogens (primary N) is 1. The minimum atomic E-state index is -4.89. The third-order valence-electron chi connectivity index (χ3n) is 3.61. The second-order valence-corrected chi connectivity index (χ2v) is 7.37. The summed E-state index contributed by atoms with van der Waals surface area (Å²) in [5.41, 5.74) is 2.83. The van der Waals surface area contributed by atoms with Gasteiger partial charge >= 0.3 is 5.91 Å². The van der Waals surface area contributed by atoms with E-state index in [-0.39, 0.29) is 0 Å². The van der Waals surface area contributed by atoms with Gasteiger partial charge in [0.15, 0.2) is 12.6 Å². The van der Waals surface area contributed by atoms with E-state index in [9.17, 15) is 4.79 Å². The van der Waals surface area contributed by atoms with Gasteiger partial charge in [0.25, 0.3) is 15.6 Å². The summed E-state index contributed by atoms with van der Waals surface area (Å²) in [4.78, 5) is 58.8. The molecule has 11 nitrogen and oxygen atoms in total. The molecule has 0 aliphatic carbocycles. The molecule has 0 bridgehead atoms. The van der Waals surface area contributed by atoms with Crippen LogP contribution < -0.4 is 20.0 Å². The van der Waals surface area contributed by atoms with Crippen molar-refractivity contribution in [2.24, 2.45) is 0 Å². The van der Waals surface area contributed by atoms with Crippen LogP contribution in [0.5, 0.6) is 0 Å². The molecular formula is C12H20N2O9P2. The van der Waals surface area contributed by atoms with Gasteiger partial charge in [-0.25, -0.2) is 4.79 Å². The van der Waals surface area contributed by atoms with E-state index in [1.165, 1.54) is 16.0 Å². The minimum Gasteiger partial charge on any atom is -0.756 e. The van der Waals surface area contributed by atoms with E-state index in [0.29, 0.717) is 18.5 Å². The van der Waals surface area contributed by atoms with Gasteiger partial charge in [0.2, 0.25) is 0 Å². The highest BCUT2D eigenvalue weighted by atomic mass is 31.2. The molecule has 1 aromatic carbocycles. The van der Waals surface area contributed by atoms with Crippen LogP contribution in [0.25, 0.3) is 0 Å². The number of piperazine rings is 1. The van der Waals surface area contributed by atoms with Crippen LogP contribution in [0.4, 0.5) is 0 Å². The van der Waals surface area contributed by atoms with Crippen molar-refractivity contribution in [2.45, 2.75) is 12.5 Å². The number of fused-ring (bicyclic) bond motifs is 3. The normalized spacial score (nSPS) is 22.4. The van der Waals surface area contributed by atoms with Gasteiger partial charge in [-0.15, -0.1) is 0 Å². The predicted octanol–water partition coefficient (Wildman–Crippen LogP) is -4.85. The molecule has 2 atom stereocenters. The summed E-state index contributed by atoms with van der Waals surface area (Å²) in [5, 5.41) is 2.14. The summed E-state index contributed by atoms with van der Waals surface area (Å²) in [7, 11) is -9.78. The lowest BCUT2D eigenvalue weighted by Crippen LogP contribution is -3.23. The van der Waals surface area contributed by atoms with E-state index < -0.39 is 15.6 Å². The first-order chi connectivity index (χ1) is 11.4. The average Bonchev–Trinajstić information content (AvgIpc) is 2.44. The second kappa shape index (κ2) is 9.11. The van der Waals surface area contributed by atoms with Gasteiger partial charge in [-0.1, -0.05) is 24.3 Å². The first kappa shape index (κ1) is 22.1. The smallest absolute Gasteiger partial charge is 0.367 e. The zero-order valence-electron chi connectivity index (χ0n) is 13.0. The lowest BCUT2D eigenvalue weighted by atomic mass is 9.91. The number of benzene rings is 1. The molecule has 3 rings (SSSR count). The van der Waals surface area contributed by atoms with E-state index in [4.69, 9.17) is 38.5 Å². The number of quaternary nitrogens is 2. The van der Waals surface area contributed by atoms with E-state index in [2.05, 4.69) is 29.6 Å². The maximum atomic E-state index is 11.8. The molecule has 25 heavy (non-hydrogen) atoms. The van der Waals surface area contributed by atoms with Gasteiger partial charge < -0.3 is 34.7 Å². The van der Waals surface area contributed by atoms with Crippen molar-refractivity contribution >= 4 is 21.6 Å². The topological polar surface area (TPSA) is 199 Å². The maximum absolute atomic E-state index is 11.8. The highest BCUT2D eigenvalue weighted by Crippen LogP contribution is 2.20. The molecule has 7 N–H and O–H groups in total. The van der Waals surface area contributed by atoms with Crippen LogP contribution in [0.2, 0.25) is 0 Å². The summed E-state index contributed by atoms with van der Waals surface area (Å²) in [6.07, 6.45) is 1.05. The van der Waals surface area contributed by atoms with Crippen molar-refractivity contribution in [1.29, 1.82) is 0 Å². The Morgan fingerprint density at radius 2 is 1.60 bits per heavy atom. The van der Waals surface area contributed by atoms with Gasteiger partial charge in [0, 0.05) is 12.0 Å². The highest BCUT2D eigenvalue weighted by Gasteiger charge is 2.40. The predicted molar refractivity (Wildman–Crippen MR) is 79.5 cm³/mol. The third kappa shape index (κ3) is 9.34. The molecular weight excluding hydrogens is 378 g/mol. The van der Waals surface area contributed by atoms with Crippen LogP contribution >= 0.6 is 15.6 Å². The Bertz CT molecular complexity index is 650. The molecule has 2 aliphatic rings. The van der Waals surface area contributed by atoms with Crippen LogP contribution in [0, 0.1) is 0 Å². The number of amides is 1. The van der Waals surface area contributed by atoms with Gasteiger partial charge in [-0.05, 0) is 5.56 Å². The fourth-order valence-corrected chi connectivity index (χ4v) is 2.85. The van der Waals surface area contributed by atoms with Gasteiger partial charge in [-0.2, -0.15) is 0 Å². The molecule has 1 aromatic rings. The molecule has 1 saturated heterocycles. The molecule has 0 spiro atoms. The van der Waals surface area contributed by atoms with Crippen molar-refractivity contribution in [3.63, 3.8) is 0 Å². The number of carbonyl (C=O) groups excluding carboxylic acids is 1. The fourth-order valence-electron chi connectivity index (χ4n) is 2.85. The number of carbonyl (C=O) groups is 1. The molecule has 0 aromatic heterocycles. The Morgan fingerprint density at radius 1 is 1.08 bits per heavy atom. The third-order valence-corrected chi connectivity index (χ3v) is 3.61. The highest BCUT2D eigenvalue weighted by molar-refractivity contribution is 7.43.